The molecule has 2 aromatic carbocycles. The van der Waals surface area contributed by atoms with Crippen LogP contribution in [0.3, 0.4) is 0 Å². The molecule has 5 nitrogen and oxygen atoms in total. The Morgan fingerprint density at radius 1 is 1.21 bits per heavy atom. The van der Waals surface area contributed by atoms with Crippen molar-refractivity contribution in [2.75, 3.05) is 0 Å². The van der Waals surface area contributed by atoms with Crippen LogP contribution >= 0.6 is 0 Å². The van der Waals surface area contributed by atoms with Gasteiger partial charge in [0.15, 0.2) is 0 Å². The highest BCUT2D eigenvalue weighted by Gasteiger charge is 2.28. The first kappa shape index (κ1) is 19.3. The van der Waals surface area contributed by atoms with E-state index in [4.69, 9.17) is 0 Å². The second-order valence-corrected chi connectivity index (χ2v) is 7.79. The highest BCUT2D eigenvalue weighted by atomic mass is 19.1. The molecule has 1 heterocycles. The Balaban J connectivity index is 1.57. The van der Waals surface area contributed by atoms with Crippen molar-refractivity contribution in [3.05, 3.63) is 76.1 Å². The van der Waals surface area contributed by atoms with Crippen molar-refractivity contribution in [1.82, 2.24) is 14.9 Å². The van der Waals surface area contributed by atoms with Gasteiger partial charge in [-0.3, -0.25) is 14.2 Å². The minimum atomic E-state index is -0.297. The highest BCUT2D eigenvalue weighted by Crippen LogP contribution is 2.35. The van der Waals surface area contributed by atoms with Gasteiger partial charge in [0.1, 0.15) is 12.4 Å². The topological polar surface area (TPSA) is 64.0 Å². The fourth-order valence-corrected chi connectivity index (χ4v) is 4.26. The SMILES string of the molecule is Cc1cccc2c(=O)n(CC(=O)NC(c3ccc(F)cc3)C3CCCC3)cnc12. The number of carbonyl (C=O) groups is 1. The third-order valence-corrected chi connectivity index (χ3v) is 5.79. The normalized spacial score (nSPS) is 15.5. The van der Waals surface area contributed by atoms with Crippen molar-refractivity contribution in [3.63, 3.8) is 0 Å². The zero-order chi connectivity index (χ0) is 20.4. The van der Waals surface area contributed by atoms with Crippen LogP contribution in [-0.4, -0.2) is 15.5 Å². The summed E-state index contributed by atoms with van der Waals surface area (Å²) in [5, 5.41) is 3.59. The monoisotopic (exact) mass is 393 g/mol. The van der Waals surface area contributed by atoms with Crippen LogP contribution in [0.15, 0.2) is 53.6 Å². The molecule has 0 radical (unpaired) electrons. The van der Waals surface area contributed by atoms with E-state index in [2.05, 4.69) is 10.3 Å². The summed E-state index contributed by atoms with van der Waals surface area (Å²) in [5.41, 5.74) is 2.25. The number of halogens is 1. The third-order valence-electron chi connectivity index (χ3n) is 5.79. The van der Waals surface area contributed by atoms with E-state index in [1.165, 1.54) is 23.0 Å². The van der Waals surface area contributed by atoms with E-state index in [1.807, 2.05) is 19.1 Å². The number of carbonyl (C=O) groups excluding carboxylic acids is 1. The average molecular weight is 393 g/mol. The van der Waals surface area contributed by atoms with Gasteiger partial charge in [-0.2, -0.15) is 0 Å². The number of hydrogen-bond donors (Lipinski definition) is 1. The molecule has 1 amide bonds. The van der Waals surface area contributed by atoms with Gasteiger partial charge in [-0.25, -0.2) is 9.37 Å². The summed E-state index contributed by atoms with van der Waals surface area (Å²) in [4.78, 5) is 29.9. The van der Waals surface area contributed by atoms with Gasteiger partial charge >= 0.3 is 0 Å². The molecule has 0 spiro atoms. The predicted molar refractivity (Wildman–Crippen MR) is 110 cm³/mol. The quantitative estimate of drug-likeness (QED) is 0.715. The summed E-state index contributed by atoms with van der Waals surface area (Å²) in [6.07, 6.45) is 5.75. The van der Waals surface area contributed by atoms with E-state index in [-0.39, 0.29) is 29.9 Å². The van der Waals surface area contributed by atoms with E-state index in [9.17, 15) is 14.0 Å². The zero-order valence-corrected chi connectivity index (χ0v) is 16.4. The molecule has 1 fully saturated rings. The molecule has 150 valence electrons. The van der Waals surface area contributed by atoms with E-state index in [1.54, 1.807) is 18.2 Å². The lowest BCUT2D eigenvalue weighted by Crippen LogP contribution is -2.37. The van der Waals surface area contributed by atoms with Crippen LogP contribution < -0.4 is 10.9 Å². The molecule has 0 bridgehead atoms. The Hall–Kier alpha value is -3.02. The molecule has 1 N–H and O–H groups in total. The first-order valence-corrected chi connectivity index (χ1v) is 10.0. The number of nitrogens with zero attached hydrogens (tertiary/aromatic N) is 2. The van der Waals surface area contributed by atoms with Crippen molar-refractivity contribution in [2.45, 2.75) is 45.2 Å². The number of para-hydroxylation sites is 1. The van der Waals surface area contributed by atoms with E-state index < -0.39 is 0 Å². The number of benzene rings is 2. The van der Waals surface area contributed by atoms with E-state index >= 15 is 0 Å². The number of aryl methyl sites for hydroxylation is 1. The fraction of sp³-hybridized carbons (Fsp3) is 0.348. The zero-order valence-electron chi connectivity index (χ0n) is 16.4. The standard InChI is InChI=1S/C23H24FN3O2/c1-15-5-4-8-19-21(15)25-14-27(23(19)29)13-20(28)26-22(16-6-2-3-7-16)17-9-11-18(24)12-10-17/h4-5,8-12,14,16,22H,2-3,6-7,13H2,1H3,(H,26,28). The van der Waals surface area contributed by atoms with Crippen LogP contribution in [-0.2, 0) is 11.3 Å². The lowest BCUT2D eigenvalue weighted by molar-refractivity contribution is -0.122. The van der Waals surface area contributed by atoms with Crippen molar-refractivity contribution in [3.8, 4) is 0 Å². The summed E-state index contributed by atoms with van der Waals surface area (Å²) in [5.74, 6) is -0.227. The summed E-state index contributed by atoms with van der Waals surface area (Å²) in [6.45, 7) is 1.81. The molecule has 0 saturated heterocycles. The molecule has 3 aromatic rings. The molecule has 29 heavy (non-hydrogen) atoms. The first-order chi connectivity index (χ1) is 14.0. The lowest BCUT2D eigenvalue weighted by Gasteiger charge is -2.25. The number of rotatable bonds is 5. The molecule has 1 aromatic heterocycles. The molecule has 0 aliphatic heterocycles. The van der Waals surface area contributed by atoms with Crippen LogP contribution in [0.4, 0.5) is 4.39 Å². The maximum absolute atomic E-state index is 13.3. The van der Waals surface area contributed by atoms with Gasteiger partial charge in [-0.1, -0.05) is 37.1 Å². The van der Waals surface area contributed by atoms with Gasteiger partial charge < -0.3 is 5.32 Å². The Morgan fingerprint density at radius 2 is 1.93 bits per heavy atom. The Labute approximate surface area is 168 Å². The molecule has 4 rings (SSSR count). The van der Waals surface area contributed by atoms with Crippen molar-refractivity contribution in [1.29, 1.82) is 0 Å². The summed E-state index contributed by atoms with van der Waals surface area (Å²) < 4.78 is 14.7. The number of fused-ring (bicyclic) bond motifs is 1. The molecule has 6 heteroatoms. The van der Waals surface area contributed by atoms with Crippen LogP contribution in [0.2, 0.25) is 0 Å². The number of aromatic nitrogens is 2. The highest BCUT2D eigenvalue weighted by molar-refractivity contribution is 5.81. The van der Waals surface area contributed by atoms with E-state index in [0.717, 1.165) is 36.8 Å². The number of nitrogens with one attached hydrogen (secondary N) is 1. The van der Waals surface area contributed by atoms with Gasteiger partial charge in [0.25, 0.3) is 5.56 Å². The molecule has 1 aliphatic carbocycles. The lowest BCUT2D eigenvalue weighted by atomic mass is 9.91. The van der Waals surface area contributed by atoms with Crippen molar-refractivity contribution >= 4 is 16.8 Å². The summed E-state index contributed by atoms with van der Waals surface area (Å²) in [6, 6.07) is 11.6. The van der Waals surface area contributed by atoms with Crippen LogP contribution in [0, 0.1) is 18.7 Å². The number of amides is 1. The number of hydrogen-bond acceptors (Lipinski definition) is 3. The second kappa shape index (κ2) is 8.15. The Bertz CT molecular complexity index is 1090. The molecular weight excluding hydrogens is 369 g/mol. The van der Waals surface area contributed by atoms with Gasteiger partial charge in [0, 0.05) is 0 Å². The van der Waals surface area contributed by atoms with Gasteiger partial charge in [0.2, 0.25) is 5.91 Å². The molecule has 1 unspecified atom stereocenters. The van der Waals surface area contributed by atoms with Crippen molar-refractivity contribution < 1.29 is 9.18 Å². The van der Waals surface area contributed by atoms with Crippen LogP contribution in [0.1, 0.15) is 42.9 Å². The minimum absolute atomic E-state index is 0.0971. The Morgan fingerprint density at radius 3 is 2.66 bits per heavy atom. The predicted octanol–water partition coefficient (Wildman–Crippen LogP) is 3.89. The molecular formula is C23H24FN3O2. The fourth-order valence-electron chi connectivity index (χ4n) is 4.26. The minimum Gasteiger partial charge on any atom is -0.347 e. The molecule has 1 aliphatic rings. The molecule has 1 atom stereocenters. The Kier molecular flexibility index (Phi) is 5.43. The maximum Gasteiger partial charge on any atom is 0.261 e. The summed E-state index contributed by atoms with van der Waals surface area (Å²) in [7, 11) is 0. The largest absolute Gasteiger partial charge is 0.347 e. The molecule has 1 saturated carbocycles. The smallest absolute Gasteiger partial charge is 0.261 e. The average Bonchev–Trinajstić information content (AvgIpc) is 3.24. The van der Waals surface area contributed by atoms with Gasteiger partial charge in [-0.05, 0) is 55.0 Å². The van der Waals surface area contributed by atoms with Gasteiger partial charge in [0.05, 0.1) is 23.3 Å². The maximum atomic E-state index is 13.3. The van der Waals surface area contributed by atoms with Crippen LogP contribution in [0.5, 0.6) is 0 Å². The van der Waals surface area contributed by atoms with Crippen molar-refractivity contribution in [2.24, 2.45) is 5.92 Å². The van der Waals surface area contributed by atoms with E-state index in [0.29, 0.717) is 16.8 Å². The second-order valence-electron chi connectivity index (χ2n) is 7.79. The first-order valence-electron chi connectivity index (χ1n) is 10.0. The van der Waals surface area contributed by atoms with Gasteiger partial charge in [-0.15, -0.1) is 0 Å². The van der Waals surface area contributed by atoms with Crippen LogP contribution in [0.25, 0.3) is 10.9 Å². The summed E-state index contributed by atoms with van der Waals surface area (Å²) >= 11 is 0. The third kappa shape index (κ3) is 4.06.